The Balaban J connectivity index is 1.96. The average Bonchev–Trinajstić information content (AvgIpc) is 2.69. The van der Waals surface area contributed by atoms with Crippen LogP contribution < -0.4 is 0 Å². The molecule has 0 N–H and O–H groups in total. The topological polar surface area (TPSA) is 20.3 Å². The quantitative estimate of drug-likeness (QED) is 0.774. The van der Waals surface area contributed by atoms with Gasteiger partial charge in [0.25, 0.3) is 0 Å². The highest BCUT2D eigenvalue weighted by molar-refractivity contribution is 5.96. The first-order chi connectivity index (χ1) is 8.90. The first-order valence-electron chi connectivity index (χ1n) is 6.94. The zero-order chi connectivity index (χ0) is 14.0. The van der Waals surface area contributed by atoms with Crippen LogP contribution in [0.25, 0.3) is 0 Å². The van der Waals surface area contributed by atoms with Crippen molar-refractivity contribution < 1.29 is 9.18 Å². The fraction of sp³-hybridized carbons (Fsp3) is 0.562. The number of ketones is 1. The van der Waals surface area contributed by atoms with Crippen molar-refractivity contribution in [1.82, 2.24) is 4.90 Å². The van der Waals surface area contributed by atoms with Crippen molar-refractivity contribution in [3.8, 4) is 0 Å². The first kappa shape index (κ1) is 14.2. The summed E-state index contributed by atoms with van der Waals surface area (Å²) >= 11 is 0. The van der Waals surface area contributed by atoms with Crippen LogP contribution in [0.1, 0.15) is 49.0 Å². The average molecular weight is 263 g/mol. The number of halogens is 1. The number of carbonyl (C=O) groups excluding carboxylic acids is 1. The molecule has 2 nitrogen and oxygen atoms in total. The third kappa shape index (κ3) is 3.21. The van der Waals surface area contributed by atoms with Gasteiger partial charge in [0.15, 0.2) is 5.78 Å². The summed E-state index contributed by atoms with van der Waals surface area (Å²) < 4.78 is 13.4. The second kappa shape index (κ2) is 5.41. The molecule has 0 spiro atoms. The molecular weight excluding hydrogens is 241 g/mol. The zero-order valence-electron chi connectivity index (χ0n) is 12.0. The van der Waals surface area contributed by atoms with Gasteiger partial charge in [-0.25, -0.2) is 4.39 Å². The molecule has 19 heavy (non-hydrogen) atoms. The molecule has 1 aromatic rings. The van der Waals surface area contributed by atoms with E-state index in [1.807, 2.05) is 0 Å². The van der Waals surface area contributed by atoms with Gasteiger partial charge < -0.3 is 0 Å². The summed E-state index contributed by atoms with van der Waals surface area (Å²) in [5.41, 5.74) is 1.26. The Morgan fingerprint density at radius 2 is 2.16 bits per heavy atom. The molecule has 104 valence electrons. The van der Waals surface area contributed by atoms with Crippen molar-refractivity contribution in [3.63, 3.8) is 0 Å². The van der Waals surface area contributed by atoms with Crippen LogP contribution in [0.2, 0.25) is 0 Å². The van der Waals surface area contributed by atoms with Crippen molar-refractivity contribution in [3.05, 3.63) is 35.1 Å². The fourth-order valence-electron chi connectivity index (χ4n) is 2.72. The maximum atomic E-state index is 13.4. The second-order valence-electron chi connectivity index (χ2n) is 6.04. The lowest BCUT2D eigenvalue weighted by atomic mass is 10.0. The number of rotatable bonds is 4. The fourth-order valence-corrected chi connectivity index (χ4v) is 2.72. The van der Waals surface area contributed by atoms with Gasteiger partial charge in [-0.05, 0) is 51.8 Å². The van der Waals surface area contributed by atoms with Gasteiger partial charge in [0.2, 0.25) is 0 Å². The largest absolute Gasteiger partial charge is 0.298 e. The molecule has 0 aliphatic carbocycles. The van der Waals surface area contributed by atoms with Gasteiger partial charge in [0.05, 0.1) is 0 Å². The number of hydrogen-bond donors (Lipinski definition) is 0. The van der Waals surface area contributed by atoms with Crippen LogP contribution in [0.3, 0.4) is 0 Å². The maximum absolute atomic E-state index is 13.4. The molecule has 1 aromatic carbocycles. The predicted molar refractivity (Wildman–Crippen MR) is 75.0 cm³/mol. The highest BCUT2D eigenvalue weighted by atomic mass is 19.1. The summed E-state index contributed by atoms with van der Waals surface area (Å²) in [5.74, 6) is -0.269. The molecule has 1 heterocycles. The predicted octanol–water partition coefficient (Wildman–Crippen LogP) is 3.58. The summed E-state index contributed by atoms with van der Waals surface area (Å²) in [5, 5.41) is 0. The lowest BCUT2D eigenvalue weighted by Gasteiger charge is -2.31. The molecule has 3 heteroatoms. The molecule has 1 aliphatic heterocycles. The Kier molecular flexibility index (Phi) is 4.04. The first-order valence-corrected chi connectivity index (χ1v) is 6.94. The van der Waals surface area contributed by atoms with Gasteiger partial charge in [-0.15, -0.1) is 0 Å². The monoisotopic (exact) mass is 263 g/mol. The minimum atomic E-state index is -0.299. The van der Waals surface area contributed by atoms with E-state index in [2.05, 4.69) is 18.7 Å². The third-order valence-electron chi connectivity index (χ3n) is 4.18. The summed E-state index contributed by atoms with van der Waals surface area (Å²) in [6, 6.07) is 4.74. The number of Topliss-reactive ketones (excluding diaryl/α,β-unsaturated/α-hetero) is 1. The highest BCUT2D eigenvalue weighted by Gasteiger charge is 2.31. The van der Waals surface area contributed by atoms with Crippen molar-refractivity contribution in [2.45, 2.75) is 45.6 Å². The molecule has 0 amide bonds. The van der Waals surface area contributed by atoms with Gasteiger partial charge in [-0.3, -0.25) is 9.69 Å². The van der Waals surface area contributed by atoms with E-state index < -0.39 is 0 Å². The van der Waals surface area contributed by atoms with E-state index in [-0.39, 0.29) is 17.1 Å². The summed E-state index contributed by atoms with van der Waals surface area (Å²) in [4.78, 5) is 14.4. The van der Waals surface area contributed by atoms with Crippen LogP contribution in [0, 0.1) is 12.7 Å². The third-order valence-corrected chi connectivity index (χ3v) is 4.18. The number of likely N-dealkylation sites (tertiary alicyclic amines) is 1. The van der Waals surface area contributed by atoms with Crippen LogP contribution in [0.15, 0.2) is 18.2 Å². The number of nitrogens with zero attached hydrogens (tertiary/aromatic N) is 1. The van der Waals surface area contributed by atoms with E-state index in [9.17, 15) is 9.18 Å². The Morgan fingerprint density at radius 1 is 1.42 bits per heavy atom. The molecule has 0 unspecified atom stereocenters. The van der Waals surface area contributed by atoms with Gasteiger partial charge in [0.1, 0.15) is 5.82 Å². The molecule has 0 radical (unpaired) electrons. The van der Waals surface area contributed by atoms with Crippen molar-refractivity contribution >= 4 is 5.78 Å². The van der Waals surface area contributed by atoms with E-state index in [1.54, 1.807) is 19.1 Å². The lowest BCUT2D eigenvalue weighted by Crippen LogP contribution is -2.39. The van der Waals surface area contributed by atoms with Crippen LogP contribution in [0.4, 0.5) is 4.39 Å². The second-order valence-corrected chi connectivity index (χ2v) is 6.04. The van der Waals surface area contributed by atoms with Crippen LogP contribution >= 0.6 is 0 Å². The van der Waals surface area contributed by atoms with Crippen molar-refractivity contribution in [1.29, 1.82) is 0 Å². The van der Waals surface area contributed by atoms with Gasteiger partial charge in [-0.2, -0.15) is 0 Å². The van der Waals surface area contributed by atoms with Crippen LogP contribution in [0.5, 0.6) is 0 Å². The van der Waals surface area contributed by atoms with Crippen LogP contribution in [-0.4, -0.2) is 29.3 Å². The minimum Gasteiger partial charge on any atom is -0.298 e. The molecule has 0 bridgehead atoms. The highest BCUT2D eigenvalue weighted by Crippen LogP contribution is 2.28. The van der Waals surface area contributed by atoms with E-state index in [0.717, 1.165) is 13.1 Å². The van der Waals surface area contributed by atoms with Crippen LogP contribution in [-0.2, 0) is 0 Å². The Morgan fingerprint density at radius 3 is 2.74 bits per heavy atom. The summed E-state index contributed by atoms with van der Waals surface area (Å²) in [6.45, 7) is 7.96. The minimum absolute atomic E-state index is 0.0293. The number of carbonyl (C=O) groups is 1. The standard InChI is InChI=1S/C16H22FNO/c1-12-5-6-13(11-14(12)17)15(19)7-10-18-9-4-8-16(18,2)3/h5-6,11H,4,7-10H2,1-3H3. The number of hydrogen-bond acceptors (Lipinski definition) is 2. The van der Waals surface area contributed by atoms with Crippen molar-refractivity contribution in [2.24, 2.45) is 0 Å². The zero-order valence-corrected chi connectivity index (χ0v) is 12.0. The number of benzene rings is 1. The molecule has 2 rings (SSSR count). The smallest absolute Gasteiger partial charge is 0.164 e. The molecular formula is C16H22FNO. The number of aryl methyl sites for hydroxylation is 1. The van der Waals surface area contributed by atoms with E-state index in [1.165, 1.54) is 18.9 Å². The molecule has 0 atom stereocenters. The molecule has 1 aliphatic rings. The van der Waals surface area contributed by atoms with E-state index in [0.29, 0.717) is 17.5 Å². The van der Waals surface area contributed by atoms with E-state index in [4.69, 9.17) is 0 Å². The normalized spacial score (nSPS) is 18.7. The van der Waals surface area contributed by atoms with Gasteiger partial charge in [0, 0.05) is 24.1 Å². The van der Waals surface area contributed by atoms with Gasteiger partial charge >= 0.3 is 0 Å². The molecule has 0 saturated carbocycles. The van der Waals surface area contributed by atoms with Gasteiger partial charge in [-0.1, -0.05) is 12.1 Å². The maximum Gasteiger partial charge on any atom is 0.164 e. The Labute approximate surface area is 114 Å². The van der Waals surface area contributed by atoms with E-state index >= 15 is 0 Å². The molecule has 1 saturated heterocycles. The lowest BCUT2D eigenvalue weighted by molar-refractivity contribution is 0.0942. The summed E-state index contributed by atoms with van der Waals surface area (Å²) in [7, 11) is 0. The Hall–Kier alpha value is -1.22. The van der Waals surface area contributed by atoms with Crippen molar-refractivity contribution in [2.75, 3.05) is 13.1 Å². The molecule has 0 aromatic heterocycles. The SMILES string of the molecule is Cc1ccc(C(=O)CCN2CCCC2(C)C)cc1F. The summed E-state index contributed by atoms with van der Waals surface area (Å²) in [6.07, 6.45) is 2.84. The Bertz CT molecular complexity index is 482. The molecule has 1 fully saturated rings.